The van der Waals surface area contributed by atoms with Crippen molar-refractivity contribution in [2.24, 2.45) is 0 Å². The van der Waals surface area contributed by atoms with E-state index in [1.165, 1.54) is 22.6 Å². The first-order valence-corrected chi connectivity index (χ1v) is 5.28. The van der Waals surface area contributed by atoms with E-state index in [1.54, 1.807) is 0 Å². The standard InChI is InChI=1S/C9H3ClF3IO2/c10-8(16)5-2-7(14)6(9(11,12)13)1-4(5)3-15/h1-3H. The highest BCUT2D eigenvalue weighted by Crippen LogP contribution is 2.34. The second-order valence-corrected chi connectivity index (χ2v) is 4.31. The summed E-state index contributed by atoms with van der Waals surface area (Å²) in [5.41, 5.74) is -1.56. The molecule has 0 radical (unpaired) electrons. The molecule has 0 spiro atoms. The minimum Gasteiger partial charge on any atom is -0.298 e. The molecule has 0 saturated heterocycles. The van der Waals surface area contributed by atoms with Crippen molar-refractivity contribution in [2.45, 2.75) is 6.18 Å². The van der Waals surface area contributed by atoms with E-state index in [4.69, 9.17) is 11.6 Å². The molecule has 0 aliphatic rings. The van der Waals surface area contributed by atoms with Crippen molar-refractivity contribution in [2.75, 3.05) is 0 Å². The smallest absolute Gasteiger partial charge is 0.298 e. The molecule has 0 amide bonds. The maximum absolute atomic E-state index is 12.5. The Morgan fingerprint density at radius 2 is 1.94 bits per heavy atom. The Morgan fingerprint density at radius 3 is 2.31 bits per heavy atom. The van der Waals surface area contributed by atoms with Crippen LogP contribution in [0.25, 0.3) is 0 Å². The molecule has 0 N–H and O–H groups in total. The van der Waals surface area contributed by atoms with Crippen molar-refractivity contribution in [3.05, 3.63) is 32.4 Å². The van der Waals surface area contributed by atoms with Gasteiger partial charge in [0.1, 0.15) is 0 Å². The number of hydrogen-bond donors (Lipinski definition) is 0. The lowest BCUT2D eigenvalue weighted by molar-refractivity contribution is -0.138. The van der Waals surface area contributed by atoms with Crippen LogP contribution in [0.4, 0.5) is 13.2 Å². The number of carbonyl (C=O) groups is 2. The fourth-order valence-corrected chi connectivity index (χ4v) is 2.01. The zero-order valence-electron chi connectivity index (χ0n) is 7.44. The van der Waals surface area contributed by atoms with Gasteiger partial charge in [-0.2, -0.15) is 13.2 Å². The largest absolute Gasteiger partial charge is 0.417 e. The first kappa shape index (κ1) is 13.4. The van der Waals surface area contributed by atoms with Crippen LogP contribution in [0.3, 0.4) is 0 Å². The number of rotatable bonds is 2. The third kappa shape index (κ3) is 2.73. The maximum atomic E-state index is 12.5. The molecule has 16 heavy (non-hydrogen) atoms. The van der Waals surface area contributed by atoms with Crippen LogP contribution < -0.4 is 0 Å². The molecule has 1 aromatic carbocycles. The van der Waals surface area contributed by atoms with E-state index in [9.17, 15) is 22.8 Å². The fraction of sp³-hybridized carbons (Fsp3) is 0.111. The van der Waals surface area contributed by atoms with Gasteiger partial charge in [0.15, 0.2) is 6.29 Å². The minimum absolute atomic E-state index is 0.168. The predicted molar refractivity (Wildman–Crippen MR) is 59.7 cm³/mol. The molecule has 0 unspecified atom stereocenters. The normalized spacial score (nSPS) is 11.3. The highest BCUT2D eigenvalue weighted by Gasteiger charge is 2.34. The van der Waals surface area contributed by atoms with Crippen LogP contribution in [-0.2, 0) is 6.18 Å². The monoisotopic (exact) mass is 362 g/mol. The zero-order chi connectivity index (χ0) is 12.5. The number of benzene rings is 1. The van der Waals surface area contributed by atoms with Gasteiger partial charge in [0, 0.05) is 14.7 Å². The van der Waals surface area contributed by atoms with Gasteiger partial charge in [0.05, 0.1) is 5.56 Å². The molecule has 0 atom stereocenters. The van der Waals surface area contributed by atoms with E-state index in [2.05, 4.69) is 0 Å². The SMILES string of the molecule is O=Cc1cc(C(F)(F)F)c(I)cc1C(=O)Cl. The Morgan fingerprint density at radius 1 is 1.38 bits per heavy atom. The predicted octanol–water partition coefficient (Wildman–Crippen LogP) is 3.50. The van der Waals surface area contributed by atoms with Crippen molar-refractivity contribution in [3.8, 4) is 0 Å². The molecule has 0 aliphatic carbocycles. The summed E-state index contributed by atoms with van der Waals surface area (Å²) in [5.74, 6) is 0. The van der Waals surface area contributed by atoms with Crippen LogP contribution in [0.15, 0.2) is 12.1 Å². The van der Waals surface area contributed by atoms with E-state index in [1.807, 2.05) is 0 Å². The van der Waals surface area contributed by atoms with Crippen LogP contribution in [0.5, 0.6) is 0 Å². The lowest BCUT2D eigenvalue weighted by Crippen LogP contribution is -2.10. The Hall–Kier alpha value is -0.630. The number of hydrogen-bond acceptors (Lipinski definition) is 2. The van der Waals surface area contributed by atoms with E-state index < -0.39 is 17.0 Å². The average Bonchev–Trinajstić information content (AvgIpc) is 2.15. The summed E-state index contributed by atoms with van der Waals surface area (Å²) in [5, 5.41) is -0.964. The van der Waals surface area contributed by atoms with Crippen molar-refractivity contribution in [3.63, 3.8) is 0 Å². The van der Waals surface area contributed by atoms with Crippen LogP contribution in [0.2, 0.25) is 0 Å². The van der Waals surface area contributed by atoms with Crippen molar-refractivity contribution in [1.82, 2.24) is 0 Å². The van der Waals surface area contributed by atoms with E-state index in [0.29, 0.717) is 6.07 Å². The van der Waals surface area contributed by atoms with Gasteiger partial charge in [-0.1, -0.05) is 0 Å². The second kappa shape index (κ2) is 4.70. The van der Waals surface area contributed by atoms with Crippen molar-refractivity contribution in [1.29, 1.82) is 0 Å². The molecule has 1 rings (SSSR count). The third-order valence-corrected chi connectivity index (χ3v) is 2.88. The molecule has 0 aromatic heterocycles. The molecule has 2 nitrogen and oxygen atoms in total. The van der Waals surface area contributed by atoms with Gasteiger partial charge in [-0.15, -0.1) is 0 Å². The molecule has 1 aromatic rings. The molecule has 0 bridgehead atoms. The molecule has 0 aliphatic heterocycles. The van der Waals surface area contributed by atoms with Gasteiger partial charge < -0.3 is 0 Å². The number of carbonyl (C=O) groups excluding carboxylic acids is 2. The lowest BCUT2D eigenvalue weighted by Gasteiger charge is -2.11. The maximum Gasteiger partial charge on any atom is 0.417 e. The molecular weight excluding hydrogens is 359 g/mol. The Bertz CT molecular complexity index is 457. The zero-order valence-corrected chi connectivity index (χ0v) is 10.4. The molecule has 7 heteroatoms. The number of halogens is 5. The molecule has 0 heterocycles. The fourth-order valence-electron chi connectivity index (χ4n) is 1.07. The van der Waals surface area contributed by atoms with E-state index in [-0.39, 0.29) is 21.0 Å². The van der Waals surface area contributed by atoms with Gasteiger partial charge in [0.25, 0.3) is 5.24 Å². The Balaban J connectivity index is 3.49. The highest BCUT2D eigenvalue weighted by molar-refractivity contribution is 14.1. The Kier molecular flexibility index (Phi) is 3.95. The summed E-state index contributed by atoms with van der Waals surface area (Å²) in [6.07, 6.45) is -4.40. The molecule has 0 saturated carbocycles. The van der Waals surface area contributed by atoms with Crippen molar-refractivity contribution >= 4 is 45.7 Å². The summed E-state index contributed by atoms with van der Waals surface area (Å²) in [6, 6.07) is 1.56. The average molecular weight is 362 g/mol. The molecular formula is C9H3ClF3IO2. The molecule has 0 fully saturated rings. The van der Waals surface area contributed by atoms with Crippen molar-refractivity contribution < 1.29 is 22.8 Å². The highest BCUT2D eigenvalue weighted by atomic mass is 127. The van der Waals surface area contributed by atoms with E-state index >= 15 is 0 Å². The second-order valence-electron chi connectivity index (χ2n) is 2.81. The van der Waals surface area contributed by atoms with Gasteiger partial charge in [-0.3, -0.25) is 9.59 Å². The summed E-state index contributed by atoms with van der Waals surface area (Å²) in [6.45, 7) is 0. The minimum atomic E-state index is -4.57. The summed E-state index contributed by atoms with van der Waals surface area (Å²) in [4.78, 5) is 21.4. The van der Waals surface area contributed by atoms with Crippen LogP contribution in [-0.4, -0.2) is 11.5 Å². The third-order valence-electron chi connectivity index (χ3n) is 1.78. The Labute approximate surface area is 107 Å². The van der Waals surface area contributed by atoms with Crippen LogP contribution >= 0.6 is 34.2 Å². The lowest BCUT2D eigenvalue weighted by atomic mass is 10.1. The summed E-state index contributed by atoms with van der Waals surface area (Å²) in [7, 11) is 0. The van der Waals surface area contributed by atoms with Gasteiger partial charge >= 0.3 is 6.18 Å². The van der Waals surface area contributed by atoms with Gasteiger partial charge in [-0.05, 0) is 46.3 Å². The quantitative estimate of drug-likeness (QED) is 0.458. The van der Waals surface area contributed by atoms with E-state index in [0.717, 1.165) is 6.07 Å². The summed E-state index contributed by atoms with van der Waals surface area (Å²) < 4.78 is 37.2. The number of alkyl halides is 3. The van der Waals surface area contributed by atoms with Crippen LogP contribution in [0, 0.1) is 3.57 Å². The molecule has 86 valence electrons. The summed E-state index contributed by atoms with van der Waals surface area (Å²) >= 11 is 6.57. The van der Waals surface area contributed by atoms with Crippen LogP contribution in [0.1, 0.15) is 26.3 Å². The topological polar surface area (TPSA) is 34.1 Å². The first-order valence-electron chi connectivity index (χ1n) is 3.83. The van der Waals surface area contributed by atoms with Gasteiger partial charge in [0.2, 0.25) is 0 Å². The number of aldehydes is 1. The van der Waals surface area contributed by atoms with Gasteiger partial charge in [-0.25, -0.2) is 0 Å². The first-order chi connectivity index (χ1) is 7.27.